The van der Waals surface area contributed by atoms with Crippen molar-refractivity contribution in [3.05, 3.63) is 39.0 Å². The SMILES string of the molecule is Cc1cscc1-c1noc(-c2ccc(Br)cc2O)n1. The van der Waals surface area contributed by atoms with E-state index in [-0.39, 0.29) is 5.75 Å². The number of aryl methyl sites for hydroxylation is 1. The number of rotatable bonds is 2. The Morgan fingerprint density at radius 2 is 2.11 bits per heavy atom. The first-order valence-corrected chi connectivity index (χ1v) is 7.24. The summed E-state index contributed by atoms with van der Waals surface area (Å²) in [6, 6.07) is 5.14. The molecule has 0 unspecified atom stereocenters. The van der Waals surface area contributed by atoms with Crippen molar-refractivity contribution in [2.24, 2.45) is 0 Å². The average molecular weight is 337 g/mol. The van der Waals surface area contributed by atoms with Crippen molar-refractivity contribution in [3.8, 4) is 28.6 Å². The summed E-state index contributed by atoms with van der Waals surface area (Å²) >= 11 is 4.88. The number of benzene rings is 1. The first-order valence-electron chi connectivity index (χ1n) is 5.51. The van der Waals surface area contributed by atoms with E-state index in [1.54, 1.807) is 23.5 Å². The Balaban J connectivity index is 2.04. The van der Waals surface area contributed by atoms with Crippen LogP contribution in [0.4, 0.5) is 0 Å². The molecule has 1 aromatic carbocycles. The van der Waals surface area contributed by atoms with Crippen LogP contribution in [0.15, 0.2) is 38.0 Å². The Labute approximate surface area is 121 Å². The second kappa shape index (κ2) is 4.79. The largest absolute Gasteiger partial charge is 0.507 e. The molecule has 1 N–H and O–H groups in total. The third-order valence-electron chi connectivity index (χ3n) is 2.71. The summed E-state index contributed by atoms with van der Waals surface area (Å²) in [5.41, 5.74) is 2.59. The van der Waals surface area contributed by atoms with E-state index in [0.29, 0.717) is 17.3 Å². The predicted molar refractivity (Wildman–Crippen MR) is 77.1 cm³/mol. The van der Waals surface area contributed by atoms with E-state index in [1.165, 1.54) is 0 Å². The number of aromatic hydroxyl groups is 1. The summed E-state index contributed by atoms with van der Waals surface area (Å²) in [7, 11) is 0. The number of hydrogen-bond donors (Lipinski definition) is 1. The first-order chi connectivity index (χ1) is 9.15. The zero-order valence-corrected chi connectivity index (χ0v) is 12.3. The van der Waals surface area contributed by atoms with E-state index in [4.69, 9.17) is 4.52 Å². The highest BCUT2D eigenvalue weighted by atomic mass is 79.9. The number of aromatic nitrogens is 2. The predicted octanol–water partition coefficient (Wildman–Crippen LogP) is 4.24. The molecule has 0 saturated heterocycles. The van der Waals surface area contributed by atoms with Crippen molar-refractivity contribution in [1.82, 2.24) is 10.1 Å². The van der Waals surface area contributed by atoms with Crippen LogP contribution in [0.2, 0.25) is 0 Å². The normalized spacial score (nSPS) is 10.8. The molecular weight excluding hydrogens is 328 g/mol. The minimum Gasteiger partial charge on any atom is -0.507 e. The molecule has 0 aliphatic carbocycles. The van der Waals surface area contributed by atoms with Crippen LogP contribution in [0.5, 0.6) is 5.75 Å². The lowest BCUT2D eigenvalue weighted by molar-refractivity contribution is 0.425. The van der Waals surface area contributed by atoms with Crippen LogP contribution in [0, 0.1) is 6.92 Å². The van der Waals surface area contributed by atoms with Gasteiger partial charge in [0.15, 0.2) is 0 Å². The topological polar surface area (TPSA) is 59.2 Å². The Morgan fingerprint density at radius 3 is 2.79 bits per heavy atom. The third-order valence-corrected chi connectivity index (χ3v) is 4.07. The molecule has 6 heteroatoms. The highest BCUT2D eigenvalue weighted by molar-refractivity contribution is 9.10. The van der Waals surface area contributed by atoms with Gasteiger partial charge in [-0.3, -0.25) is 0 Å². The van der Waals surface area contributed by atoms with Gasteiger partial charge in [-0.05, 0) is 36.1 Å². The first kappa shape index (κ1) is 12.4. The van der Waals surface area contributed by atoms with Crippen molar-refractivity contribution in [3.63, 3.8) is 0 Å². The van der Waals surface area contributed by atoms with Gasteiger partial charge in [0.1, 0.15) is 5.75 Å². The van der Waals surface area contributed by atoms with Gasteiger partial charge in [-0.15, -0.1) is 0 Å². The molecule has 2 aromatic heterocycles. The Bertz CT molecular complexity index is 736. The summed E-state index contributed by atoms with van der Waals surface area (Å²) in [6.07, 6.45) is 0. The van der Waals surface area contributed by atoms with E-state index < -0.39 is 0 Å². The molecule has 0 fully saturated rings. The van der Waals surface area contributed by atoms with E-state index in [2.05, 4.69) is 26.1 Å². The summed E-state index contributed by atoms with van der Waals surface area (Å²) in [6.45, 7) is 2.00. The average Bonchev–Trinajstić information content (AvgIpc) is 2.97. The molecule has 0 radical (unpaired) electrons. The lowest BCUT2D eigenvalue weighted by atomic mass is 10.2. The summed E-state index contributed by atoms with van der Waals surface area (Å²) in [4.78, 5) is 4.33. The summed E-state index contributed by atoms with van der Waals surface area (Å²) in [5, 5.41) is 17.8. The van der Waals surface area contributed by atoms with Gasteiger partial charge < -0.3 is 9.63 Å². The minimum absolute atomic E-state index is 0.103. The molecule has 0 bridgehead atoms. The van der Waals surface area contributed by atoms with Gasteiger partial charge >= 0.3 is 0 Å². The number of phenols is 1. The Morgan fingerprint density at radius 1 is 1.26 bits per heavy atom. The highest BCUT2D eigenvalue weighted by Gasteiger charge is 2.15. The Hall–Kier alpha value is -1.66. The zero-order chi connectivity index (χ0) is 13.4. The molecule has 0 aliphatic rings. The molecule has 0 spiro atoms. The molecule has 3 aromatic rings. The van der Waals surface area contributed by atoms with Crippen LogP contribution in [-0.4, -0.2) is 15.2 Å². The zero-order valence-electron chi connectivity index (χ0n) is 9.92. The summed E-state index contributed by atoms with van der Waals surface area (Å²) < 4.78 is 6.01. The molecule has 19 heavy (non-hydrogen) atoms. The van der Waals surface area contributed by atoms with Crippen LogP contribution < -0.4 is 0 Å². The molecule has 0 saturated carbocycles. The van der Waals surface area contributed by atoms with Crippen molar-refractivity contribution < 1.29 is 9.63 Å². The van der Waals surface area contributed by atoms with Gasteiger partial charge in [0, 0.05) is 15.4 Å². The molecule has 2 heterocycles. The smallest absolute Gasteiger partial charge is 0.261 e. The van der Waals surface area contributed by atoms with E-state index in [9.17, 15) is 5.11 Å². The molecule has 0 amide bonds. The van der Waals surface area contributed by atoms with E-state index in [1.807, 2.05) is 23.8 Å². The third kappa shape index (κ3) is 2.29. The highest BCUT2D eigenvalue weighted by Crippen LogP contribution is 2.32. The molecule has 3 rings (SSSR count). The number of nitrogens with zero attached hydrogens (tertiary/aromatic N) is 2. The van der Waals surface area contributed by atoms with Crippen LogP contribution >= 0.6 is 27.3 Å². The van der Waals surface area contributed by atoms with E-state index in [0.717, 1.165) is 15.6 Å². The number of thiophene rings is 1. The maximum absolute atomic E-state index is 9.88. The van der Waals surface area contributed by atoms with Gasteiger partial charge in [-0.25, -0.2) is 0 Å². The van der Waals surface area contributed by atoms with Gasteiger partial charge in [-0.1, -0.05) is 21.1 Å². The molecule has 0 aliphatic heterocycles. The van der Waals surface area contributed by atoms with Crippen molar-refractivity contribution in [2.75, 3.05) is 0 Å². The quantitative estimate of drug-likeness (QED) is 0.760. The molecule has 96 valence electrons. The molecular formula is C13H9BrN2O2S. The lowest BCUT2D eigenvalue weighted by Gasteiger charge is -1.98. The fourth-order valence-corrected chi connectivity index (χ4v) is 2.89. The summed E-state index contributed by atoms with van der Waals surface area (Å²) in [5.74, 6) is 0.952. The fraction of sp³-hybridized carbons (Fsp3) is 0.0769. The van der Waals surface area contributed by atoms with Crippen LogP contribution in [0.1, 0.15) is 5.56 Å². The van der Waals surface area contributed by atoms with Gasteiger partial charge in [0.2, 0.25) is 5.82 Å². The van der Waals surface area contributed by atoms with Gasteiger partial charge in [0.25, 0.3) is 5.89 Å². The minimum atomic E-state index is 0.103. The Kier molecular flexibility index (Phi) is 3.12. The number of hydrogen-bond acceptors (Lipinski definition) is 5. The second-order valence-electron chi connectivity index (χ2n) is 4.05. The number of phenolic OH excluding ortho intramolecular Hbond substituents is 1. The van der Waals surface area contributed by atoms with Gasteiger partial charge in [0.05, 0.1) is 5.56 Å². The van der Waals surface area contributed by atoms with Crippen molar-refractivity contribution in [2.45, 2.75) is 6.92 Å². The van der Waals surface area contributed by atoms with E-state index >= 15 is 0 Å². The standard InChI is InChI=1S/C13H9BrN2O2S/c1-7-5-19-6-10(7)12-15-13(18-16-12)9-3-2-8(14)4-11(9)17/h2-6,17H,1H3. The lowest BCUT2D eigenvalue weighted by Crippen LogP contribution is -1.82. The molecule has 0 atom stereocenters. The fourth-order valence-electron chi connectivity index (χ4n) is 1.72. The van der Waals surface area contributed by atoms with Crippen LogP contribution in [-0.2, 0) is 0 Å². The second-order valence-corrected chi connectivity index (χ2v) is 5.71. The van der Waals surface area contributed by atoms with Gasteiger partial charge in [-0.2, -0.15) is 16.3 Å². The maximum Gasteiger partial charge on any atom is 0.261 e. The van der Waals surface area contributed by atoms with Crippen LogP contribution in [0.25, 0.3) is 22.8 Å². The van der Waals surface area contributed by atoms with Crippen molar-refractivity contribution in [1.29, 1.82) is 0 Å². The van der Waals surface area contributed by atoms with Crippen molar-refractivity contribution >= 4 is 27.3 Å². The van der Waals surface area contributed by atoms with Crippen LogP contribution in [0.3, 0.4) is 0 Å². The maximum atomic E-state index is 9.88. The molecule has 4 nitrogen and oxygen atoms in total. The number of halogens is 1. The monoisotopic (exact) mass is 336 g/mol.